The maximum atomic E-state index is 15.7. The lowest BCUT2D eigenvalue weighted by molar-refractivity contribution is -0.133. The standard InChI is InChI=1S/C36H34F2N4O5/c1-45-32-18-26-29(19-33(32)46-20-21-16-28(21)41-23-4-2-3-5-23)40-15-12-30(26)47-31-11-10-25(17-27(31)38)42(24-8-6-22(37)7-9-24)35(44)36(13-14-36)34(39)43/h6-12,15,17-19,23,41H,2-5,13-14,16,20H2,1H3,(H2,39,43). The average molecular weight is 641 g/mol. The van der Waals surface area contributed by atoms with Crippen molar-refractivity contribution in [3.63, 3.8) is 0 Å². The molecule has 0 radical (unpaired) electrons. The summed E-state index contributed by atoms with van der Waals surface area (Å²) in [7, 11) is 1.55. The summed E-state index contributed by atoms with van der Waals surface area (Å²) in [5.41, 5.74) is 7.65. The number of halogens is 2. The summed E-state index contributed by atoms with van der Waals surface area (Å²) in [6.07, 6.45) is 8.03. The molecule has 242 valence electrons. The fourth-order valence-corrected chi connectivity index (χ4v) is 6.14. The van der Waals surface area contributed by atoms with Crippen molar-refractivity contribution in [2.75, 3.05) is 18.6 Å². The van der Waals surface area contributed by atoms with Gasteiger partial charge < -0.3 is 25.3 Å². The number of nitrogens with two attached hydrogens (primary N) is 1. The number of allylic oxidation sites excluding steroid dienone is 1. The molecule has 0 saturated heterocycles. The van der Waals surface area contributed by atoms with Crippen molar-refractivity contribution >= 4 is 34.1 Å². The Hall–Kier alpha value is -5.19. The van der Waals surface area contributed by atoms with Crippen LogP contribution >= 0.6 is 0 Å². The molecule has 3 aliphatic carbocycles. The van der Waals surface area contributed by atoms with Gasteiger partial charge >= 0.3 is 0 Å². The van der Waals surface area contributed by atoms with Gasteiger partial charge in [-0.2, -0.15) is 0 Å². The minimum Gasteiger partial charge on any atom is -0.493 e. The van der Waals surface area contributed by atoms with Gasteiger partial charge in [0.15, 0.2) is 23.1 Å². The van der Waals surface area contributed by atoms with Crippen LogP contribution in [0.2, 0.25) is 0 Å². The first-order valence-corrected chi connectivity index (χ1v) is 15.7. The molecule has 1 aromatic heterocycles. The summed E-state index contributed by atoms with van der Waals surface area (Å²) in [4.78, 5) is 31.4. The second-order valence-corrected chi connectivity index (χ2v) is 12.3. The van der Waals surface area contributed by atoms with Crippen LogP contribution in [0, 0.1) is 17.0 Å². The number of carbonyl (C=O) groups excluding carboxylic acids is 2. The summed E-state index contributed by atoms with van der Waals surface area (Å²) in [6, 6.07) is 14.8. The third kappa shape index (κ3) is 6.05. The molecule has 0 unspecified atom stereocenters. The lowest BCUT2D eigenvalue weighted by Crippen LogP contribution is -2.41. The molecule has 3 N–H and O–H groups in total. The van der Waals surface area contributed by atoms with E-state index >= 15 is 4.39 Å². The molecule has 2 fully saturated rings. The summed E-state index contributed by atoms with van der Waals surface area (Å²) in [5, 5.41) is 4.21. The average Bonchev–Trinajstić information content (AvgIpc) is 3.97. The summed E-state index contributed by atoms with van der Waals surface area (Å²) in [6.45, 7) is 0.447. The SMILES string of the molecule is COc1cc2c(Oc3ccc(N(C(=O)C4(C(N)=O)CC4)c4ccc(F)cc4)cc3F)ccnc2cc1OCC1=C(NC2CCCC2)C1. The van der Waals surface area contributed by atoms with E-state index in [2.05, 4.69) is 10.3 Å². The largest absolute Gasteiger partial charge is 0.493 e. The molecule has 47 heavy (non-hydrogen) atoms. The van der Waals surface area contributed by atoms with Crippen LogP contribution in [0.25, 0.3) is 10.9 Å². The van der Waals surface area contributed by atoms with Crippen LogP contribution in [0.1, 0.15) is 44.9 Å². The highest BCUT2D eigenvalue weighted by Crippen LogP contribution is 2.49. The van der Waals surface area contributed by atoms with Crippen molar-refractivity contribution in [3.05, 3.63) is 89.8 Å². The van der Waals surface area contributed by atoms with Gasteiger partial charge in [-0.3, -0.25) is 19.5 Å². The highest BCUT2D eigenvalue weighted by Gasteiger charge is 2.57. The number of nitrogens with zero attached hydrogens (tertiary/aromatic N) is 2. The maximum absolute atomic E-state index is 15.7. The fourth-order valence-electron chi connectivity index (χ4n) is 6.14. The molecule has 3 aromatic carbocycles. The molecule has 2 amide bonds. The Morgan fingerprint density at radius 2 is 1.70 bits per heavy atom. The smallest absolute Gasteiger partial charge is 0.247 e. The normalized spacial score (nSPS) is 16.6. The van der Waals surface area contributed by atoms with E-state index in [-0.39, 0.29) is 30.0 Å². The van der Waals surface area contributed by atoms with Gasteiger partial charge in [0, 0.05) is 47.6 Å². The van der Waals surface area contributed by atoms with E-state index in [0.29, 0.717) is 40.8 Å². The molecule has 0 bridgehead atoms. The fraction of sp³-hybridized carbons (Fsp3) is 0.306. The minimum absolute atomic E-state index is 0.106. The third-order valence-electron chi connectivity index (χ3n) is 9.13. The Morgan fingerprint density at radius 3 is 2.38 bits per heavy atom. The number of carbonyl (C=O) groups is 2. The topological polar surface area (TPSA) is 116 Å². The number of ether oxygens (including phenoxy) is 3. The molecule has 2 saturated carbocycles. The molecule has 4 aromatic rings. The zero-order chi connectivity index (χ0) is 32.7. The number of benzene rings is 3. The van der Waals surface area contributed by atoms with Gasteiger partial charge in [0.2, 0.25) is 11.8 Å². The van der Waals surface area contributed by atoms with E-state index in [1.54, 1.807) is 31.5 Å². The minimum atomic E-state index is -1.39. The predicted octanol–water partition coefficient (Wildman–Crippen LogP) is 6.81. The van der Waals surface area contributed by atoms with Gasteiger partial charge in [-0.25, -0.2) is 8.78 Å². The van der Waals surface area contributed by atoms with Crippen LogP contribution in [0.4, 0.5) is 20.2 Å². The Kier molecular flexibility index (Phi) is 7.91. The molecule has 0 aliphatic heterocycles. The van der Waals surface area contributed by atoms with Crippen molar-refractivity contribution in [2.24, 2.45) is 11.1 Å². The Bertz CT molecular complexity index is 1900. The van der Waals surface area contributed by atoms with Crippen molar-refractivity contribution in [1.82, 2.24) is 10.3 Å². The second-order valence-electron chi connectivity index (χ2n) is 12.3. The van der Waals surface area contributed by atoms with Crippen LogP contribution in [-0.4, -0.2) is 36.6 Å². The molecule has 11 heteroatoms. The molecule has 1 heterocycles. The number of aromatic nitrogens is 1. The summed E-state index contributed by atoms with van der Waals surface area (Å²) < 4.78 is 47.2. The van der Waals surface area contributed by atoms with Crippen LogP contribution < -0.4 is 30.2 Å². The lowest BCUT2D eigenvalue weighted by atomic mass is 10.0. The maximum Gasteiger partial charge on any atom is 0.247 e. The Morgan fingerprint density at radius 1 is 0.957 bits per heavy atom. The molecule has 0 atom stereocenters. The number of fused-ring (bicyclic) bond motifs is 1. The predicted molar refractivity (Wildman–Crippen MR) is 172 cm³/mol. The number of primary amides is 1. The third-order valence-corrected chi connectivity index (χ3v) is 9.13. The van der Waals surface area contributed by atoms with Gasteiger partial charge in [-0.15, -0.1) is 0 Å². The number of hydrogen-bond acceptors (Lipinski definition) is 7. The first kappa shape index (κ1) is 30.5. The highest BCUT2D eigenvalue weighted by atomic mass is 19.1. The van der Waals surface area contributed by atoms with E-state index in [4.69, 9.17) is 19.9 Å². The van der Waals surface area contributed by atoms with Crippen LogP contribution in [0.3, 0.4) is 0 Å². The second kappa shape index (κ2) is 12.2. The number of rotatable bonds is 12. The van der Waals surface area contributed by atoms with Crippen LogP contribution in [-0.2, 0) is 9.59 Å². The van der Waals surface area contributed by atoms with E-state index in [1.165, 1.54) is 78.3 Å². The number of pyridine rings is 1. The van der Waals surface area contributed by atoms with Crippen molar-refractivity contribution in [3.8, 4) is 23.0 Å². The molecule has 9 nitrogen and oxygen atoms in total. The van der Waals surface area contributed by atoms with Crippen molar-refractivity contribution in [1.29, 1.82) is 0 Å². The van der Waals surface area contributed by atoms with E-state index in [1.807, 2.05) is 0 Å². The first-order chi connectivity index (χ1) is 22.8. The van der Waals surface area contributed by atoms with E-state index in [9.17, 15) is 14.0 Å². The van der Waals surface area contributed by atoms with Crippen molar-refractivity contribution < 1.29 is 32.6 Å². The van der Waals surface area contributed by atoms with Crippen LogP contribution in [0.5, 0.6) is 23.0 Å². The van der Waals surface area contributed by atoms with E-state index in [0.717, 1.165) is 12.5 Å². The van der Waals surface area contributed by atoms with Gasteiger partial charge in [0.05, 0.1) is 18.3 Å². The Labute approximate surface area is 270 Å². The zero-order valence-corrected chi connectivity index (χ0v) is 25.9. The molecular weight excluding hydrogens is 606 g/mol. The number of methoxy groups -OCH3 is 1. The quantitative estimate of drug-likeness (QED) is 0.163. The zero-order valence-electron chi connectivity index (χ0n) is 25.9. The molecular formula is C36H34F2N4O5. The van der Waals surface area contributed by atoms with Gasteiger partial charge in [0.25, 0.3) is 0 Å². The Balaban J connectivity index is 1.13. The van der Waals surface area contributed by atoms with Crippen molar-refractivity contribution in [2.45, 2.75) is 51.0 Å². The monoisotopic (exact) mass is 640 g/mol. The molecule has 0 spiro atoms. The van der Waals surface area contributed by atoms with E-state index < -0.39 is 28.9 Å². The first-order valence-electron chi connectivity index (χ1n) is 15.7. The highest BCUT2D eigenvalue weighted by molar-refractivity contribution is 6.16. The number of nitrogens with one attached hydrogen (secondary N) is 1. The molecule has 7 rings (SSSR count). The number of hydrogen-bond donors (Lipinski definition) is 2. The van der Waals surface area contributed by atoms with Crippen LogP contribution in [0.15, 0.2) is 78.1 Å². The number of anilines is 2. The van der Waals surface area contributed by atoms with Gasteiger partial charge in [-0.05, 0) is 79.8 Å². The molecule has 3 aliphatic rings. The summed E-state index contributed by atoms with van der Waals surface area (Å²) in [5.74, 6) is -1.38. The summed E-state index contributed by atoms with van der Waals surface area (Å²) >= 11 is 0. The number of amides is 2. The van der Waals surface area contributed by atoms with Gasteiger partial charge in [0.1, 0.15) is 23.6 Å². The lowest BCUT2D eigenvalue weighted by Gasteiger charge is -2.26. The van der Waals surface area contributed by atoms with Gasteiger partial charge in [-0.1, -0.05) is 12.8 Å².